The van der Waals surface area contributed by atoms with Gasteiger partial charge in [-0.2, -0.15) is 0 Å². The highest BCUT2D eigenvalue weighted by Gasteiger charge is 2.49. The van der Waals surface area contributed by atoms with E-state index in [1.807, 2.05) is 13.8 Å². The van der Waals surface area contributed by atoms with Gasteiger partial charge in [-0.25, -0.2) is 8.78 Å². The number of benzene rings is 2. The lowest BCUT2D eigenvalue weighted by Crippen LogP contribution is -2.30. The number of Topliss-reactive ketones (excluding diaryl/α,β-unsaturated/α-hetero) is 1. The van der Waals surface area contributed by atoms with Gasteiger partial charge >= 0.3 is 0 Å². The van der Waals surface area contributed by atoms with Gasteiger partial charge in [-0.05, 0) is 49.2 Å². The van der Waals surface area contributed by atoms with Crippen LogP contribution >= 0.6 is 0 Å². The normalized spacial score (nSPS) is 17.6. The molecule has 0 bridgehead atoms. The number of carbonyl (C=O) groups is 2. The summed E-state index contributed by atoms with van der Waals surface area (Å²) in [4.78, 5) is 27.0. The molecule has 34 heavy (non-hydrogen) atoms. The zero-order valence-corrected chi connectivity index (χ0v) is 18.8. The summed E-state index contributed by atoms with van der Waals surface area (Å²) >= 11 is 0. The van der Waals surface area contributed by atoms with Crippen LogP contribution in [-0.4, -0.2) is 23.4 Å². The van der Waals surface area contributed by atoms with Crippen molar-refractivity contribution in [1.82, 2.24) is 0 Å². The van der Waals surface area contributed by atoms with Crippen molar-refractivity contribution in [3.8, 4) is 5.75 Å². The molecule has 0 spiro atoms. The van der Waals surface area contributed by atoms with Crippen LogP contribution in [0.25, 0.3) is 5.76 Å². The van der Waals surface area contributed by atoms with Gasteiger partial charge in [-0.1, -0.05) is 26.0 Å². The number of anilines is 1. The highest BCUT2D eigenvalue weighted by atomic mass is 19.1. The predicted molar refractivity (Wildman–Crippen MR) is 121 cm³/mol. The summed E-state index contributed by atoms with van der Waals surface area (Å²) in [7, 11) is 0. The highest BCUT2D eigenvalue weighted by Crippen LogP contribution is 2.43. The van der Waals surface area contributed by atoms with Crippen LogP contribution in [0.1, 0.15) is 37.0 Å². The van der Waals surface area contributed by atoms with Crippen LogP contribution in [0.4, 0.5) is 14.5 Å². The van der Waals surface area contributed by atoms with E-state index in [0.29, 0.717) is 24.2 Å². The lowest BCUT2D eigenvalue weighted by atomic mass is 9.99. The van der Waals surface area contributed by atoms with Crippen LogP contribution in [0.15, 0.2) is 64.6 Å². The molecule has 4 rings (SSSR count). The van der Waals surface area contributed by atoms with Gasteiger partial charge in [-0.3, -0.25) is 14.5 Å². The number of furan rings is 1. The van der Waals surface area contributed by atoms with Crippen molar-refractivity contribution >= 4 is 23.1 Å². The monoisotopic (exact) mass is 467 g/mol. The number of nitrogens with zero attached hydrogens (tertiary/aromatic N) is 1. The molecule has 2 aromatic carbocycles. The van der Waals surface area contributed by atoms with Gasteiger partial charge in [0, 0.05) is 11.6 Å². The Labute approximate surface area is 195 Å². The third kappa shape index (κ3) is 4.31. The number of aliphatic hydroxyl groups is 1. The van der Waals surface area contributed by atoms with Crippen molar-refractivity contribution in [3.05, 3.63) is 88.9 Å². The molecular weight excluding hydrogens is 444 g/mol. The molecule has 1 N–H and O–H groups in total. The van der Waals surface area contributed by atoms with E-state index < -0.39 is 35.1 Å². The zero-order valence-electron chi connectivity index (χ0n) is 18.8. The van der Waals surface area contributed by atoms with Gasteiger partial charge in [-0.15, -0.1) is 0 Å². The summed E-state index contributed by atoms with van der Waals surface area (Å²) < 4.78 is 39.6. The maximum Gasteiger partial charge on any atom is 0.300 e. The molecule has 0 aliphatic carbocycles. The second-order valence-corrected chi connectivity index (χ2v) is 8.45. The van der Waals surface area contributed by atoms with Crippen LogP contribution in [0.3, 0.4) is 0 Å². The molecule has 2 heterocycles. The van der Waals surface area contributed by atoms with Crippen LogP contribution in [0.2, 0.25) is 0 Å². The number of carbonyl (C=O) groups excluding carboxylic acids is 2. The summed E-state index contributed by atoms with van der Waals surface area (Å²) in [5.74, 6) is -3.03. The van der Waals surface area contributed by atoms with Crippen molar-refractivity contribution in [2.45, 2.75) is 26.8 Å². The van der Waals surface area contributed by atoms with E-state index in [4.69, 9.17) is 9.15 Å². The van der Waals surface area contributed by atoms with Gasteiger partial charge in [0.25, 0.3) is 11.7 Å². The first-order valence-corrected chi connectivity index (χ1v) is 10.7. The Morgan fingerprint density at radius 3 is 2.53 bits per heavy atom. The Morgan fingerprint density at radius 2 is 1.88 bits per heavy atom. The van der Waals surface area contributed by atoms with E-state index in [0.717, 1.165) is 17.0 Å². The number of amides is 1. The molecule has 1 saturated heterocycles. The predicted octanol–water partition coefficient (Wildman–Crippen LogP) is 5.53. The van der Waals surface area contributed by atoms with Gasteiger partial charge < -0.3 is 14.3 Å². The van der Waals surface area contributed by atoms with E-state index in [2.05, 4.69) is 0 Å². The van der Waals surface area contributed by atoms with Crippen LogP contribution in [-0.2, 0) is 9.59 Å². The molecule has 176 valence electrons. The Bertz CT molecular complexity index is 1290. The molecule has 8 heteroatoms. The number of ketones is 1. The number of rotatable bonds is 6. The maximum absolute atomic E-state index is 14.7. The van der Waals surface area contributed by atoms with Crippen molar-refractivity contribution in [2.75, 3.05) is 11.5 Å². The first-order chi connectivity index (χ1) is 16.2. The van der Waals surface area contributed by atoms with Crippen molar-refractivity contribution in [3.63, 3.8) is 0 Å². The topological polar surface area (TPSA) is 80.0 Å². The van der Waals surface area contributed by atoms with Gasteiger partial charge in [0.2, 0.25) is 0 Å². The minimum atomic E-state index is -1.26. The third-order valence-corrected chi connectivity index (χ3v) is 5.34. The lowest BCUT2D eigenvalue weighted by molar-refractivity contribution is -0.132. The van der Waals surface area contributed by atoms with Crippen LogP contribution < -0.4 is 9.64 Å². The third-order valence-electron chi connectivity index (χ3n) is 5.34. The number of aryl methyl sites for hydroxylation is 1. The zero-order chi connectivity index (χ0) is 24.6. The minimum Gasteiger partial charge on any atom is -0.507 e. The SMILES string of the molecule is Cc1ccc(C2/C(=C(/O)c3cccc(OCC(C)C)c3)C(=O)C(=O)N2c2ccc(F)cc2F)o1. The number of aliphatic hydroxyl groups excluding tert-OH is 1. The molecule has 1 aliphatic rings. The van der Waals surface area contributed by atoms with E-state index in [1.54, 1.807) is 37.3 Å². The molecule has 0 radical (unpaired) electrons. The fourth-order valence-corrected chi connectivity index (χ4v) is 3.78. The Kier molecular flexibility index (Phi) is 6.24. The molecule has 1 atom stereocenters. The summed E-state index contributed by atoms with van der Waals surface area (Å²) in [5, 5.41) is 11.2. The number of hydrogen-bond donors (Lipinski definition) is 1. The van der Waals surface area contributed by atoms with Crippen LogP contribution in [0, 0.1) is 24.5 Å². The summed E-state index contributed by atoms with van der Waals surface area (Å²) in [5.41, 5.74) is -0.341. The Balaban J connectivity index is 1.87. The summed E-state index contributed by atoms with van der Waals surface area (Å²) in [6.45, 7) is 6.10. The minimum absolute atomic E-state index is 0.147. The van der Waals surface area contributed by atoms with Crippen molar-refractivity contribution in [1.29, 1.82) is 0 Å². The molecule has 3 aromatic rings. The molecule has 6 nitrogen and oxygen atoms in total. The smallest absolute Gasteiger partial charge is 0.300 e. The average Bonchev–Trinajstić information content (AvgIpc) is 3.33. The molecule has 1 aromatic heterocycles. The van der Waals surface area contributed by atoms with Gasteiger partial charge in [0.05, 0.1) is 17.9 Å². The van der Waals surface area contributed by atoms with Gasteiger partial charge in [0.15, 0.2) is 0 Å². The molecule has 1 unspecified atom stereocenters. The van der Waals surface area contributed by atoms with E-state index >= 15 is 0 Å². The molecule has 1 amide bonds. The van der Waals surface area contributed by atoms with Gasteiger partial charge in [0.1, 0.15) is 40.7 Å². The average molecular weight is 467 g/mol. The first-order valence-electron chi connectivity index (χ1n) is 10.7. The van der Waals surface area contributed by atoms with Crippen molar-refractivity contribution < 1.29 is 32.6 Å². The fraction of sp³-hybridized carbons (Fsp3) is 0.231. The number of hydrogen-bond acceptors (Lipinski definition) is 5. The maximum atomic E-state index is 14.7. The molecule has 0 saturated carbocycles. The molecular formula is C26H23F2NO5. The number of ether oxygens (including phenoxy) is 1. The molecule has 1 aliphatic heterocycles. The summed E-state index contributed by atoms with van der Waals surface area (Å²) in [6.07, 6.45) is 0. The van der Waals surface area contributed by atoms with Crippen molar-refractivity contribution in [2.24, 2.45) is 5.92 Å². The second kappa shape index (κ2) is 9.13. The molecule has 1 fully saturated rings. The summed E-state index contributed by atoms with van der Waals surface area (Å²) in [6, 6.07) is 11.0. The van der Waals surface area contributed by atoms with E-state index in [9.17, 15) is 23.5 Å². The van der Waals surface area contributed by atoms with Crippen LogP contribution in [0.5, 0.6) is 5.75 Å². The Morgan fingerprint density at radius 1 is 1.12 bits per heavy atom. The first kappa shape index (κ1) is 23.2. The Hall–Kier alpha value is -3.94. The second-order valence-electron chi connectivity index (χ2n) is 8.45. The van der Waals surface area contributed by atoms with E-state index in [-0.39, 0.29) is 28.5 Å². The van der Waals surface area contributed by atoms with E-state index in [1.165, 1.54) is 6.07 Å². The largest absolute Gasteiger partial charge is 0.507 e. The quantitative estimate of drug-likeness (QED) is 0.293. The number of halogens is 2. The fourth-order valence-electron chi connectivity index (χ4n) is 3.78. The standard InChI is InChI=1S/C26H23F2NO5/c1-14(2)13-33-18-6-4-5-16(11-18)24(30)22-23(21-10-7-15(3)34-21)29(26(32)25(22)31)20-9-8-17(27)12-19(20)28/h4-12,14,23,30H,13H2,1-3H3/b24-22-. The lowest BCUT2D eigenvalue weighted by Gasteiger charge is -2.23. The highest BCUT2D eigenvalue weighted by molar-refractivity contribution is 6.51.